The first-order chi connectivity index (χ1) is 16.5. The highest BCUT2D eigenvalue weighted by atomic mass is 35.5. The number of aryl methyl sites for hydroxylation is 1. The number of terminal acetylenes is 1. The smallest absolute Gasteiger partial charge is 0.227 e. The molecule has 3 rings (SSSR count). The fraction of sp³-hybridized carbons (Fsp3) is 0.346. The number of para-hydroxylation sites is 2. The zero-order valence-corrected chi connectivity index (χ0v) is 20.2. The molecule has 1 N–H and O–H groups in total. The molecule has 0 saturated carbocycles. The van der Waals surface area contributed by atoms with Crippen molar-refractivity contribution in [1.29, 1.82) is 0 Å². The third-order valence-corrected chi connectivity index (χ3v) is 5.45. The third-order valence-electron chi connectivity index (χ3n) is 5.14. The first-order valence-electron chi connectivity index (χ1n) is 11.0. The molecule has 1 aromatic heterocycles. The maximum atomic E-state index is 10.5. The number of aliphatic hydroxyl groups is 1. The maximum Gasteiger partial charge on any atom is 0.227 e. The maximum absolute atomic E-state index is 10.5. The predicted molar refractivity (Wildman–Crippen MR) is 133 cm³/mol. The van der Waals surface area contributed by atoms with Gasteiger partial charge in [-0.15, -0.1) is 6.42 Å². The number of methoxy groups -OCH3 is 1. The summed E-state index contributed by atoms with van der Waals surface area (Å²) in [7, 11) is 1.65. The number of rotatable bonds is 13. The van der Waals surface area contributed by atoms with Gasteiger partial charge in [-0.05, 0) is 31.2 Å². The molecule has 0 spiro atoms. The van der Waals surface area contributed by atoms with Crippen LogP contribution in [0.3, 0.4) is 0 Å². The van der Waals surface area contributed by atoms with Gasteiger partial charge >= 0.3 is 0 Å². The van der Waals surface area contributed by atoms with Gasteiger partial charge in [-0.3, -0.25) is 4.90 Å². The van der Waals surface area contributed by atoms with E-state index in [2.05, 4.69) is 10.8 Å². The lowest BCUT2D eigenvalue weighted by Crippen LogP contribution is -2.36. The first kappa shape index (κ1) is 25.8. The van der Waals surface area contributed by atoms with Crippen molar-refractivity contribution in [2.45, 2.75) is 19.6 Å². The van der Waals surface area contributed by atoms with Crippen LogP contribution < -0.4 is 4.74 Å². The molecule has 1 atom stereocenters. The predicted octanol–water partition coefficient (Wildman–Crippen LogP) is 4.09. The fourth-order valence-electron chi connectivity index (χ4n) is 3.48. The Balaban J connectivity index is 1.93. The van der Waals surface area contributed by atoms with E-state index in [9.17, 15) is 5.11 Å². The van der Waals surface area contributed by atoms with Gasteiger partial charge in [-0.25, -0.2) is 4.68 Å². The number of aliphatic hydroxyl groups excluding tert-OH is 1. The molecule has 3 aromatic rings. The second-order valence-electron chi connectivity index (χ2n) is 7.75. The zero-order chi connectivity index (χ0) is 24.3. The molecule has 34 heavy (non-hydrogen) atoms. The summed E-state index contributed by atoms with van der Waals surface area (Å²) in [4.78, 5) is 2.08. The first-order valence-corrected chi connectivity index (χ1v) is 11.4. The van der Waals surface area contributed by atoms with Crippen LogP contribution >= 0.6 is 11.6 Å². The van der Waals surface area contributed by atoms with Gasteiger partial charge in [0.25, 0.3) is 0 Å². The summed E-state index contributed by atoms with van der Waals surface area (Å²) in [5.41, 5.74) is 2.56. The molecule has 0 saturated heterocycles. The van der Waals surface area contributed by atoms with Crippen LogP contribution in [-0.2, 0) is 16.0 Å². The molecular formula is C26H30ClN3O4. The molecule has 180 valence electrons. The fourth-order valence-corrected chi connectivity index (χ4v) is 3.66. The van der Waals surface area contributed by atoms with Crippen LogP contribution in [0, 0.1) is 19.3 Å². The van der Waals surface area contributed by atoms with Gasteiger partial charge in [-0.1, -0.05) is 47.9 Å². The molecule has 8 heteroatoms. The van der Waals surface area contributed by atoms with Crippen LogP contribution in [0.4, 0.5) is 0 Å². The van der Waals surface area contributed by atoms with Gasteiger partial charge in [0, 0.05) is 26.7 Å². The molecule has 1 heterocycles. The molecule has 0 aliphatic carbocycles. The van der Waals surface area contributed by atoms with Gasteiger partial charge in [0.15, 0.2) is 0 Å². The minimum Gasteiger partial charge on any atom is -0.437 e. The topological polar surface area (TPSA) is 69.0 Å². The quantitative estimate of drug-likeness (QED) is 0.292. The SMILES string of the molecule is C#CCOC[C@@H](O)CN(CCOC)Cc1c(C)nn(-c2ccccc2)c1Oc1ccccc1Cl. The largest absolute Gasteiger partial charge is 0.437 e. The van der Waals surface area contributed by atoms with Gasteiger partial charge < -0.3 is 19.3 Å². The summed E-state index contributed by atoms with van der Waals surface area (Å²) in [6.07, 6.45) is 4.52. The second-order valence-corrected chi connectivity index (χ2v) is 8.16. The highest BCUT2D eigenvalue weighted by molar-refractivity contribution is 6.32. The number of nitrogens with zero attached hydrogens (tertiary/aromatic N) is 3. The Labute approximate surface area is 205 Å². The van der Waals surface area contributed by atoms with Crippen LogP contribution in [0.15, 0.2) is 54.6 Å². The minimum absolute atomic E-state index is 0.152. The minimum atomic E-state index is -0.706. The Morgan fingerprint density at radius 2 is 1.91 bits per heavy atom. The van der Waals surface area contributed by atoms with Gasteiger partial charge in [0.05, 0.1) is 41.3 Å². The Morgan fingerprint density at radius 3 is 2.62 bits per heavy atom. The molecule has 0 aliphatic rings. The lowest BCUT2D eigenvalue weighted by atomic mass is 10.2. The Hall–Kier alpha value is -2.86. The van der Waals surface area contributed by atoms with Crippen LogP contribution in [0.2, 0.25) is 5.02 Å². The van der Waals surface area contributed by atoms with Crippen molar-refractivity contribution in [2.24, 2.45) is 0 Å². The van der Waals surface area contributed by atoms with Crippen molar-refractivity contribution in [3.8, 4) is 29.7 Å². The average Bonchev–Trinajstić information content (AvgIpc) is 3.14. The molecule has 0 unspecified atom stereocenters. The van der Waals surface area contributed by atoms with Crippen LogP contribution in [0.5, 0.6) is 11.6 Å². The van der Waals surface area contributed by atoms with E-state index in [0.29, 0.717) is 42.9 Å². The van der Waals surface area contributed by atoms with Crippen molar-refractivity contribution in [3.05, 3.63) is 70.9 Å². The average molecular weight is 484 g/mol. The van der Waals surface area contributed by atoms with Crippen molar-refractivity contribution in [1.82, 2.24) is 14.7 Å². The van der Waals surface area contributed by atoms with Gasteiger partial charge in [0.1, 0.15) is 12.4 Å². The normalized spacial score (nSPS) is 12.0. The Bertz CT molecular complexity index is 1080. The van der Waals surface area contributed by atoms with E-state index in [-0.39, 0.29) is 13.2 Å². The van der Waals surface area contributed by atoms with E-state index in [0.717, 1.165) is 16.9 Å². The molecule has 2 aromatic carbocycles. The molecule has 0 radical (unpaired) electrons. The summed E-state index contributed by atoms with van der Waals surface area (Å²) in [5.74, 6) is 3.51. The highest BCUT2D eigenvalue weighted by Crippen LogP contribution is 2.34. The van der Waals surface area contributed by atoms with Crippen molar-refractivity contribution >= 4 is 11.6 Å². The number of benzene rings is 2. The van der Waals surface area contributed by atoms with Crippen LogP contribution in [0.1, 0.15) is 11.3 Å². The number of halogens is 1. The van der Waals surface area contributed by atoms with E-state index in [1.54, 1.807) is 17.9 Å². The molecule has 0 amide bonds. The van der Waals surface area contributed by atoms with Gasteiger partial charge in [0.2, 0.25) is 5.88 Å². The van der Waals surface area contributed by atoms with Crippen molar-refractivity contribution < 1.29 is 19.3 Å². The van der Waals surface area contributed by atoms with Crippen LogP contribution in [0.25, 0.3) is 5.69 Å². The summed E-state index contributed by atoms with van der Waals surface area (Å²) in [6.45, 7) is 4.21. The van der Waals surface area contributed by atoms with E-state index < -0.39 is 6.10 Å². The van der Waals surface area contributed by atoms with Crippen molar-refractivity contribution in [3.63, 3.8) is 0 Å². The number of ether oxygens (including phenoxy) is 3. The Morgan fingerprint density at radius 1 is 1.18 bits per heavy atom. The number of hydrogen-bond acceptors (Lipinski definition) is 6. The summed E-state index contributed by atoms with van der Waals surface area (Å²) >= 11 is 6.39. The summed E-state index contributed by atoms with van der Waals surface area (Å²) in [6, 6.07) is 17.1. The molecule has 0 fully saturated rings. The second kappa shape index (κ2) is 13.1. The molecule has 0 aliphatic heterocycles. The number of hydrogen-bond donors (Lipinski definition) is 1. The van der Waals surface area contributed by atoms with E-state index in [1.807, 2.05) is 55.5 Å². The monoisotopic (exact) mass is 483 g/mol. The standard InChI is InChI=1S/C26H30ClN3O4/c1-4-15-33-19-22(31)17-29(14-16-32-3)18-23-20(2)28-30(21-10-6-5-7-11-21)26(23)34-25-13-9-8-12-24(25)27/h1,5-13,22,31H,14-19H2,2-3H3/t22-/m0/s1. The highest BCUT2D eigenvalue weighted by Gasteiger charge is 2.23. The van der Waals surface area contributed by atoms with E-state index >= 15 is 0 Å². The summed E-state index contributed by atoms with van der Waals surface area (Å²) < 4.78 is 18.7. The van der Waals surface area contributed by atoms with E-state index in [1.165, 1.54) is 0 Å². The zero-order valence-electron chi connectivity index (χ0n) is 19.5. The molecular weight excluding hydrogens is 454 g/mol. The Kier molecular flexibility index (Phi) is 9.95. The number of aromatic nitrogens is 2. The van der Waals surface area contributed by atoms with Gasteiger partial charge in [-0.2, -0.15) is 5.10 Å². The van der Waals surface area contributed by atoms with E-state index in [4.69, 9.17) is 37.3 Å². The molecule has 7 nitrogen and oxygen atoms in total. The summed E-state index contributed by atoms with van der Waals surface area (Å²) in [5, 5.41) is 15.7. The lowest BCUT2D eigenvalue weighted by molar-refractivity contribution is 0.0206. The lowest BCUT2D eigenvalue weighted by Gasteiger charge is -2.25. The molecule has 0 bridgehead atoms. The van der Waals surface area contributed by atoms with Crippen LogP contribution in [-0.4, -0.2) is 65.9 Å². The van der Waals surface area contributed by atoms with Crippen molar-refractivity contribution in [2.75, 3.05) is 40.0 Å². The third kappa shape index (κ3) is 7.07.